The second kappa shape index (κ2) is 10.8. The van der Waals surface area contributed by atoms with E-state index in [1.54, 1.807) is 12.1 Å². The first-order chi connectivity index (χ1) is 18.2. The molecule has 0 amide bonds. The summed E-state index contributed by atoms with van der Waals surface area (Å²) in [5.41, 5.74) is -2.80. The van der Waals surface area contributed by atoms with Gasteiger partial charge in [0.1, 0.15) is 11.5 Å². The SMILES string of the molecule is OC(Cc1cccc(Oc2ccc3c(c2)CCCC3)c1)(NCc1cccc(C(F)(F)C(F)(F)F)c1)C(F)(F)F. The molecule has 0 fully saturated rings. The number of aliphatic hydroxyl groups is 1. The molecule has 0 spiro atoms. The van der Waals surface area contributed by atoms with Gasteiger partial charge in [-0.05, 0) is 78.3 Å². The van der Waals surface area contributed by atoms with Crippen LogP contribution in [0.2, 0.25) is 0 Å². The van der Waals surface area contributed by atoms with Crippen LogP contribution in [-0.2, 0) is 31.7 Å². The van der Waals surface area contributed by atoms with Gasteiger partial charge in [0.2, 0.25) is 5.72 Å². The van der Waals surface area contributed by atoms with Gasteiger partial charge in [0.15, 0.2) is 0 Å². The zero-order valence-corrected chi connectivity index (χ0v) is 20.5. The van der Waals surface area contributed by atoms with Gasteiger partial charge in [-0.2, -0.15) is 35.1 Å². The molecule has 1 aliphatic rings. The fourth-order valence-electron chi connectivity index (χ4n) is 4.48. The fraction of sp³-hybridized carbons (Fsp3) is 0.357. The lowest BCUT2D eigenvalue weighted by molar-refractivity contribution is -0.289. The Balaban J connectivity index is 1.50. The second-order valence-electron chi connectivity index (χ2n) is 9.55. The number of benzene rings is 3. The Morgan fingerprint density at radius 1 is 0.692 bits per heavy atom. The summed E-state index contributed by atoms with van der Waals surface area (Å²) in [5.74, 6) is -4.43. The molecular formula is C28H25F8NO2. The predicted octanol–water partition coefficient (Wildman–Crippen LogP) is 7.60. The van der Waals surface area contributed by atoms with E-state index in [1.807, 2.05) is 17.4 Å². The van der Waals surface area contributed by atoms with Gasteiger partial charge in [0.05, 0.1) is 0 Å². The first-order valence-corrected chi connectivity index (χ1v) is 12.1. The van der Waals surface area contributed by atoms with Gasteiger partial charge < -0.3 is 9.84 Å². The van der Waals surface area contributed by atoms with E-state index in [4.69, 9.17) is 4.74 Å². The Morgan fingerprint density at radius 2 is 1.33 bits per heavy atom. The fourth-order valence-corrected chi connectivity index (χ4v) is 4.48. The van der Waals surface area contributed by atoms with Crippen molar-refractivity contribution >= 4 is 0 Å². The van der Waals surface area contributed by atoms with Crippen LogP contribution in [0.5, 0.6) is 11.5 Å². The first kappa shape index (κ1) is 28.8. The number of hydrogen-bond donors (Lipinski definition) is 2. The Hall–Kier alpha value is -3.18. The molecule has 210 valence electrons. The molecule has 0 saturated carbocycles. The van der Waals surface area contributed by atoms with Crippen molar-refractivity contribution in [2.75, 3.05) is 0 Å². The quantitative estimate of drug-likeness (QED) is 0.221. The van der Waals surface area contributed by atoms with Crippen LogP contribution in [0.4, 0.5) is 35.1 Å². The average Bonchev–Trinajstić information content (AvgIpc) is 2.86. The van der Waals surface area contributed by atoms with Crippen LogP contribution in [0.25, 0.3) is 0 Å². The van der Waals surface area contributed by atoms with E-state index < -0.39 is 42.5 Å². The van der Waals surface area contributed by atoms with Crippen molar-refractivity contribution in [2.24, 2.45) is 0 Å². The zero-order valence-electron chi connectivity index (χ0n) is 20.5. The number of ether oxygens (including phenoxy) is 1. The van der Waals surface area contributed by atoms with Gasteiger partial charge in [-0.25, -0.2) is 0 Å². The molecule has 2 N–H and O–H groups in total. The maximum absolute atomic E-state index is 13.9. The number of nitrogens with one attached hydrogen (secondary N) is 1. The zero-order chi connectivity index (χ0) is 28.5. The highest BCUT2D eigenvalue weighted by atomic mass is 19.4. The van der Waals surface area contributed by atoms with Crippen molar-refractivity contribution in [1.82, 2.24) is 5.32 Å². The minimum Gasteiger partial charge on any atom is -0.457 e. The van der Waals surface area contributed by atoms with Crippen molar-refractivity contribution in [3.63, 3.8) is 0 Å². The van der Waals surface area contributed by atoms with Crippen LogP contribution in [-0.4, -0.2) is 23.2 Å². The molecular weight excluding hydrogens is 534 g/mol. The number of hydrogen-bond acceptors (Lipinski definition) is 3. The molecule has 0 heterocycles. The van der Waals surface area contributed by atoms with Gasteiger partial charge in [-0.3, -0.25) is 5.32 Å². The highest BCUT2D eigenvalue weighted by molar-refractivity contribution is 5.40. The van der Waals surface area contributed by atoms with Gasteiger partial charge >= 0.3 is 18.3 Å². The molecule has 0 aliphatic heterocycles. The van der Waals surface area contributed by atoms with Crippen LogP contribution in [0.15, 0.2) is 66.7 Å². The molecule has 0 radical (unpaired) electrons. The number of aryl methyl sites for hydroxylation is 2. The summed E-state index contributed by atoms with van der Waals surface area (Å²) in [5, 5.41) is 12.4. The van der Waals surface area contributed by atoms with Crippen LogP contribution in [0.3, 0.4) is 0 Å². The molecule has 0 saturated heterocycles. The Bertz CT molecular complexity index is 1310. The number of fused-ring (bicyclic) bond motifs is 1. The van der Waals surface area contributed by atoms with E-state index in [1.165, 1.54) is 23.8 Å². The van der Waals surface area contributed by atoms with Gasteiger partial charge in [-0.1, -0.05) is 36.4 Å². The van der Waals surface area contributed by atoms with Gasteiger partial charge in [0, 0.05) is 18.5 Å². The molecule has 3 aromatic carbocycles. The van der Waals surface area contributed by atoms with Crippen molar-refractivity contribution in [3.8, 4) is 11.5 Å². The third-order valence-electron chi connectivity index (χ3n) is 6.61. The summed E-state index contributed by atoms with van der Waals surface area (Å²) in [6, 6.07) is 14.3. The summed E-state index contributed by atoms with van der Waals surface area (Å²) in [4.78, 5) is 0. The van der Waals surface area contributed by atoms with Crippen LogP contribution >= 0.6 is 0 Å². The maximum atomic E-state index is 13.9. The third kappa shape index (κ3) is 6.52. The Morgan fingerprint density at radius 3 is 2.03 bits per heavy atom. The average molecular weight is 559 g/mol. The lowest BCUT2D eigenvalue weighted by Crippen LogP contribution is -2.58. The number of alkyl halides is 8. The summed E-state index contributed by atoms with van der Waals surface area (Å²) in [6.45, 7) is -0.830. The van der Waals surface area contributed by atoms with Crippen LogP contribution in [0, 0.1) is 0 Å². The largest absolute Gasteiger partial charge is 0.458 e. The standard InChI is InChI=1S/C28H25F8NO2/c29-26(30,28(34,35)36)22-9-3-6-19(13-22)17-37-25(38,27(31,32)33)16-18-5-4-10-23(14-18)39-24-12-11-20-7-1-2-8-21(20)15-24/h3-6,9-15,37-38H,1-2,7-8,16-17H2. The lowest BCUT2D eigenvalue weighted by atomic mass is 9.92. The summed E-state index contributed by atoms with van der Waals surface area (Å²) in [7, 11) is 0. The highest BCUT2D eigenvalue weighted by Gasteiger charge is 2.58. The van der Waals surface area contributed by atoms with Crippen LogP contribution in [0.1, 0.15) is 40.7 Å². The minimum atomic E-state index is -5.88. The molecule has 39 heavy (non-hydrogen) atoms. The van der Waals surface area contributed by atoms with Crippen molar-refractivity contribution in [3.05, 3.63) is 94.5 Å². The lowest BCUT2D eigenvalue weighted by Gasteiger charge is -2.32. The van der Waals surface area contributed by atoms with Crippen molar-refractivity contribution in [2.45, 2.75) is 62.6 Å². The maximum Gasteiger partial charge on any atom is 0.458 e. The van der Waals surface area contributed by atoms with E-state index in [0.717, 1.165) is 43.4 Å². The molecule has 3 aromatic rings. The number of halogens is 8. The van der Waals surface area contributed by atoms with E-state index in [0.29, 0.717) is 17.9 Å². The molecule has 3 nitrogen and oxygen atoms in total. The third-order valence-corrected chi connectivity index (χ3v) is 6.61. The topological polar surface area (TPSA) is 41.5 Å². The molecule has 0 aromatic heterocycles. The molecule has 0 bridgehead atoms. The molecule has 4 rings (SSSR count). The van der Waals surface area contributed by atoms with Crippen molar-refractivity contribution < 1.29 is 45.0 Å². The first-order valence-electron chi connectivity index (χ1n) is 12.1. The van der Waals surface area contributed by atoms with Gasteiger partial charge in [-0.15, -0.1) is 0 Å². The van der Waals surface area contributed by atoms with E-state index in [9.17, 15) is 40.2 Å². The Kier molecular flexibility index (Phi) is 7.96. The van der Waals surface area contributed by atoms with E-state index in [-0.39, 0.29) is 16.9 Å². The van der Waals surface area contributed by atoms with Crippen molar-refractivity contribution in [1.29, 1.82) is 0 Å². The molecule has 11 heteroatoms. The van der Waals surface area contributed by atoms with E-state index >= 15 is 0 Å². The molecule has 1 unspecified atom stereocenters. The molecule has 1 aliphatic carbocycles. The highest BCUT2D eigenvalue weighted by Crippen LogP contribution is 2.44. The normalized spacial score (nSPS) is 15.9. The Labute approximate surface area is 219 Å². The summed E-state index contributed by atoms with van der Waals surface area (Å²) in [6.07, 6.45) is -8.01. The summed E-state index contributed by atoms with van der Waals surface area (Å²) < 4.78 is 113. The van der Waals surface area contributed by atoms with E-state index in [2.05, 4.69) is 0 Å². The molecule has 1 atom stereocenters. The minimum absolute atomic E-state index is 0.0511. The smallest absolute Gasteiger partial charge is 0.457 e. The summed E-state index contributed by atoms with van der Waals surface area (Å²) >= 11 is 0. The predicted molar refractivity (Wildman–Crippen MR) is 128 cm³/mol. The van der Waals surface area contributed by atoms with Crippen LogP contribution < -0.4 is 10.1 Å². The number of rotatable bonds is 8. The second-order valence-corrected chi connectivity index (χ2v) is 9.55. The van der Waals surface area contributed by atoms with Gasteiger partial charge in [0.25, 0.3) is 0 Å². The monoisotopic (exact) mass is 559 g/mol.